The molecule has 2 N–H and O–H groups in total. The fourth-order valence-corrected chi connectivity index (χ4v) is 2.62. The van der Waals surface area contributed by atoms with Gasteiger partial charge in [-0.3, -0.25) is 4.79 Å². The van der Waals surface area contributed by atoms with E-state index in [-0.39, 0.29) is 5.91 Å². The van der Waals surface area contributed by atoms with Gasteiger partial charge in [0.15, 0.2) is 0 Å². The Hall–Kier alpha value is -2.49. The first-order valence-electron chi connectivity index (χ1n) is 8.59. The van der Waals surface area contributed by atoms with Crippen molar-refractivity contribution >= 4 is 28.7 Å². The fourth-order valence-electron chi connectivity index (χ4n) is 2.62. The van der Waals surface area contributed by atoms with Gasteiger partial charge in [-0.25, -0.2) is 0 Å². The number of hydrogen-bond acceptors (Lipinski definition) is 3. The molecule has 0 spiro atoms. The Balaban J connectivity index is 2.09. The van der Waals surface area contributed by atoms with E-state index in [2.05, 4.69) is 54.5 Å². The van der Waals surface area contributed by atoms with Gasteiger partial charge in [0.2, 0.25) is 5.91 Å². The monoisotopic (exact) mass is 325 g/mol. The van der Waals surface area contributed by atoms with E-state index in [1.165, 1.54) is 11.3 Å². The quantitative estimate of drug-likeness (QED) is 0.758. The first kappa shape index (κ1) is 17.9. The molecule has 0 saturated heterocycles. The highest BCUT2D eigenvalue weighted by atomic mass is 16.1. The van der Waals surface area contributed by atoms with Crippen LogP contribution in [-0.4, -0.2) is 19.0 Å². The molecule has 2 aromatic rings. The number of rotatable bonds is 7. The second-order valence-corrected chi connectivity index (χ2v) is 5.78. The summed E-state index contributed by atoms with van der Waals surface area (Å²) < 4.78 is 0. The van der Waals surface area contributed by atoms with Gasteiger partial charge >= 0.3 is 0 Å². The molecular weight excluding hydrogens is 298 g/mol. The van der Waals surface area contributed by atoms with E-state index < -0.39 is 0 Å². The molecule has 0 aromatic heterocycles. The SMILES string of the molecule is CCC(=O)Nc1ccc(Nc2ccc(N(CC)CC)cc2C)cc1. The molecule has 0 atom stereocenters. The molecule has 0 unspecified atom stereocenters. The highest BCUT2D eigenvalue weighted by Crippen LogP contribution is 2.26. The summed E-state index contributed by atoms with van der Waals surface area (Å²) in [6.07, 6.45) is 0.484. The molecule has 0 aliphatic heterocycles. The summed E-state index contributed by atoms with van der Waals surface area (Å²) >= 11 is 0. The lowest BCUT2D eigenvalue weighted by atomic mass is 10.1. The molecule has 4 heteroatoms. The Morgan fingerprint density at radius 3 is 2.12 bits per heavy atom. The number of nitrogens with one attached hydrogen (secondary N) is 2. The van der Waals surface area contributed by atoms with Crippen molar-refractivity contribution < 1.29 is 4.79 Å². The van der Waals surface area contributed by atoms with E-state index in [4.69, 9.17) is 0 Å². The van der Waals surface area contributed by atoms with Crippen LogP contribution in [0.3, 0.4) is 0 Å². The van der Waals surface area contributed by atoms with Crippen LogP contribution in [-0.2, 0) is 4.79 Å². The van der Waals surface area contributed by atoms with Crippen LogP contribution in [0, 0.1) is 6.92 Å². The number of nitrogens with zero attached hydrogens (tertiary/aromatic N) is 1. The Labute approximate surface area is 144 Å². The number of amides is 1. The Morgan fingerprint density at radius 1 is 0.958 bits per heavy atom. The number of benzene rings is 2. The maximum absolute atomic E-state index is 11.4. The maximum atomic E-state index is 11.4. The average molecular weight is 325 g/mol. The smallest absolute Gasteiger partial charge is 0.224 e. The predicted molar refractivity (Wildman–Crippen MR) is 103 cm³/mol. The topological polar surface area (TPSA) is 44.4 Å². The third-order valence-electron chi connectivity index (χ3n) is 4.11. The summed E-state index contributed by atoms with van der Waals surface area (Å²) in [5.41, 5.74) is 5.38. The molecule has 0 saturated carbocycles. The highest BCUT2D eigenvalue weighted by Gasteiger charge is 2.05. The summed E-state index contributed by atoms with van der Waals surface area (Å²) in [4.78, 5) is 13.7. The van der Waals surface area contributed by atoms with E-state index >= 15 is 0 Å². The second kappa shape index (κ2) is 8.39. The van der Waals surface area contributed by atoms with Gasteiger partial charge in [0.25, 0.3) is 0 Å². The normalized spacial score (nSPS) is 10.3. The lowest BCUT2D eigenvalue weighted by molar-refractivity contribution is -0.115. The van der Waals surface area contributed by atoms with Gasteiger partial charge in [0, 0.05) is 42.3 Å². The lowest BCUT2D eigenvalue weighted by Crippen LogP contribution is -2.21. The fraction of sp³-hybridized carbons (Fsp3) is 0.350. The van der Waals surface area contributed by atoms with Gasteiger partial charge in [-0.15, -0.1) is 0 Å². The minimum absolute atomic E-state index is 0.0264. The van der Waals surface area contributed by atoms with Crippen molar-refractivity contribution in [3.05, 3.63) is 48.0 Å². The molecule has 0 heterocycles. The van der Waals surface area contributed by atoms with Gasteiger partial charge < -0.3 is 15.5 Å². The van der Waals surface area contributed by atoms with Crippen molar-refractivity contribution in [3.63, 3.8) is 0 Å². The Bertz CT molecular complexity index is 676. The first-order valence-corrected chi connectivity index (χ1v) is 8.59. The van der Waals surface area contributed by atoms with Gasteiger partial charge in [0.1, 0.15) is 0 Å². The summed E-state index contributed by atoms with van der Waals surface area (Å²) in [7, 11) is 0. The summed E-state index contributed by atoms with van der Waals surface area (Å²) in [6, 6.07) is 14.3. The van der Waals surface area contributed by atoms with Gasteiger partial charge in [0.05, 0.1) is 0 Å². The Morgan fingerprint density at radius 2 is 1.58 bits per heavy atom. The second-order valence-electron chi connectivity index (χ2n) is 5.78. The van der Waals surface area contributed by atoms with E-state index in [1.807, 2.05) is 31.2 Å². The van der Waals surface area contributed by atoms with Crippen LogP contribution in [0.1, 0.15) is 32.8 Å². The van der Waals surface area contributed by atoms with E-state index in [0.717, 1.165) is 30.2 Å². The first-order chi connectivity index (χ1) is 11.6. The van der Waals surface area contributed by atoms with Crippen molar-refractivity contribution in [2.75, 3.05) is 28.6 Å². The van der Waals surface area contributed by atoms with Crippen LogP contribution < -0.4 is 15.5 Å². The maximum Gasteiger partial charge on any atom is 0.224 e. The van der Waals surface area contributed by atoms with Crippen molar-refractivity contribution in [1.29, 1.82) is 0 Å². The van der Waals surface area contributed by atoms with Crippen molar-refractivity contribution in [1.82, 2.24) is 0 Å². The zero-order valence-corrected chi connectivity index (χ0v) is 15.0. The molecule has 4 nitrogen and oxygen atoms in total. The summed E-state index contributed by atoms with van der Waals surface area (Å²) in [5, 5.41) is 6.29. The largest absolute Gasteiger partial charge is 0.372 e. The van der Waals surface area contributed by atoms with Crippen molar-refractivity contribution in [2.45, 2.75) is 34.1 Å². The van der Waals surface area contributed by atoms with Gasteiger partial charge in [-0.05, 0) is 68.8 Å². The van der Waals surface area contributed by atoms with Crippen LogP contribution in [0.25, 0.3) is 0 Å². The zero-order chi connectivity index (χ0) is 17.5. The van der Waals surface area contributed by atoms with Crippen LogP contribution in [0.4, 0.5) is 22.7 Å². The third kappa shape index (κ3) is 4.51. The standard InChI is InChI=1S/C20H27N3O/c1-5-20(24)22-17-10-8-16(9-11-17)21-19-13-12-18(14-15(19)4)23(6-2)7-3/h8-14,21H,5-7H2,1-4H3,(H,22,24). The molecule has 0 radical (unpaired) electrons. The van der Waals surface area contributed by atoms with Gasteiger partial charge in [-0.2, -0.15) is 0 Å². The Kier molecular flexibility index (Phi) is 6.24. The van der Waals surface area contributed by atoms with E-state index in [1.54, 1.807) is 0 Å². The van der Waals surface area contributed by atoms with Crippen LogP contribution >= 0.6 is 0 Å². The molecule has 24 heavy (non-hydrogen) atoms. The molecule has 0 aliphatic rings. The summed E-state index contributed by atoms with van der Waals surface area (Å²) in [6.45, 7) is 10.3. The predicted octanol–water partition coefficient (Wildman–Crippen LogP) is 4.93. The van der Waals surface area contributed by atoms with Crippen molar-refractivity contribution in [2.24, 2.45) is 0 Å². The number of anilines is 4. The number of hydrogen-bond donors (Lipinski definition) is 2. The van der Waals surface area contributed by atoms with Gasteiger partial charge in [-0.1, -0.05) is 6.92 Å². The minimum Gasteiger partial charge on any atom is -0.372 e. The van der Waals surface area contributed by atoms with Crippen LogP contribution in [0.15, 0.2) is 42.5 Å². The highest BCUT2D eigenvalue weighted by molar-refractivity contribution is 5.90. The van der Waals surface area contributed by atoms with Crippen molar-refractivity contribution in [3.8, 4) is 0 Å². The van der Waals surface area contributed by atoms with Crippen LogP contribution in [0.5, 0.6) is 0 Å². The molecule has 2 rings (SSSR count). The van der Waals surface area contributed by atoms with Crippen LogP contribution in [0.2, 0.25) is 0 Å². The lowest BCUT2D eigenvalue weighted by Gasteiger charge is -2.22. The molecule has 128 valence electrons. The zero-order valence-electron chi connectivity index (χ0n) is 15.0. The molecule has 2 aromatic carbocycles. The molecule has 0 bridgehead atoms. The summed E-state index contributed by atoms with van der Waals surface area (Å²) in [5.74, 6) is 0.0264. The minimum atomic E-state index is 0.0264. The number of carbonyl (C=O) groups excluding carboxylic acids is 1. The molecule has 1 amide bonds. The third-order valence-corrected chi connectivity index (χ3v) is 4.11. The van der Waals surface area contributed by atoms with E-state index in [0.29, 0.717) is 6.42 Å². The molecule has 0 aliphatic carbocycles. The molecule has 0 fully saturated rings. The number of carbonyl (C=O) groups is 1. The van der Waals surface area contributed by atoms with E-state index in [9.17, 15) is 4.79 Å². The average Bonchev–Trinajstić information content (AvgIpc) is 2.59. The molecular formula is C20H27N3O. The number of aryl methyl sites for hydroxylation is 1.